The van der Waals surface area contributed by atoms with Crippen LogP contribution < -0.4 is 0 Å². The Hall–Kier alpha value is -0.340. The van der Waals surface area contributed by atoms with Gasteiger partial charge in [-0.1, -0.05) is 0 Å². The summed E-state index contributed by atoms with van der Waals surface area (Å²) in [5.41, 5.74) is 1.59. The molecule has 1 unspecified atom stereocenters. The van der Waals surface area contributed by atoms with Gasteiger partial charge in [0.15, 0.2) is 0 Å². The van der Waals surface area contributed by atoms with Gasteiger partial charge in [0.1, 0.15) is 0 Å². The lowest BCUT2D eigenvalue weighted by Gasteiger charge is -2.22. The second kappa shape index (κ2) is 2.57. The van der Waals surface area contributed by atoms with Crippen LogP contribution in [-0.2, 0) is 11.3 Å². The minimum absolute atomic E-state index is 0.736. The van der Waals surface area contributed by atoms with Gasteiger partial charge in [0.2, 0.25) is 0 Å². The van der Waals surface area contributed by atoms with E-state index in [1.807, 2.05) is 11.3 Å². The van der Waals surface area contributed by atoms with E-state index in [2.05, 4.69) is 11.4 Å². The molecule has 2 heteroatoms. The molecule has 0 bridgehead atoms. The molecule has 0 aromatic carbocycles. The van der Waals surface area contributed by atoms with E-state index < -0.39 is 0 Å². The Morgan fingerprint density at radius 1 is 1.42 bits per heavy atom. The predicted molar refractivity (Wildman–Crippen MR) is 49.4 cm³/mol. The van der Waals surface area contributed by atoms with Crippen molar-refractivity contribution in [1.82, 2.24) is 0 Å². The van der Waals surface area contributed by atoms with Crippen LogP contribution in [0.4, 0.5) is 0 Å². The van der Waals surface area contributed by atoms with Crippen LogP contribution in [0, 0.1) is 5.92 Å². The van der Waals surface area contributed by atoms with Crippen LogP contribution in [0.2, 0.25) is 0 Å². The average Bonchev–Trinajstić information content (AvgIpc) is 2.82. The van der Waals surface area contributed by atoms with Crippen LogP contribution >= 0.6 is 11.3 Å². The number of hydrogen-bond donors (Lipinski definition) is 0. The number of fused-ring (bicyclic) bond motifs is 1. The highest BCUT2D eigenvalue weighted by Crippen LogP contribution is 2.46. The van der Waals surface area contributed by atoms with Crippen molar-refractivity contribution in [1.29, 1.82) is 0 Å². The van der Waals surface area contributed by atoms with Crippen molar-refractivity contribution in [3.63, 3.8) is 0 Å². The van der Waals surface area contributed by atoms with E-state index in [1.165, 1.54) is 17.7 Å². The highest BCUT2D eigenvalue weighted by atomic mass is 32.1. The summed E-state index contributed by atoms with van der Waals surface area (Å²) in [6.45, 7) is 1.82. The smallest absolute Gasteiger partial charge is 0.0812 e. The second-order valence-electron chi connectivity index (χ2n) is 3.76. The van der Waals surface area contributed by atoms with E-state index >= 15 is 0 Å². The van der Waals surface area contributed by atoms with Crippen LogP contribution in [0.3, 0.4) is 0 Å². The summed E-state index contributed by atoms with van der Waals surface area (Å²) in [4.78, 5) is 1.47. The van der Waals surface area contributed by atoms with E-state index in [1.54, 1.807) is 5.56 Å². The van der Waals surface area contributed by atoms with Gasteiger partial charge in [-0.15, -0.1) is 11.3 Å². The van der Waals surface area contributed by atoms with Crippen LogP contribution in [0.5, 0.6) is 0 Å². The Morgan fingerprint density at radius 2 is 2.33 bits per heavy atom. The van der Waals surface area contributed by atoms with Gasteiger partial charge >= 0.3 is 0 Å². The van der Waals surface area contributed by atoms with Crippen molar-refractivity contribution in [2.24, 2.45) is 5.92 Å². The van der Waals surface area contributed by atoms with Gasteiger partial charge in [-0.2, -0.15) is 0 Å². The van der Waals surface area contributed by atoms with E-state index in [4.69, 9.17) is 4.74 Å². The predicted octanol–water partition coefficient (Wildman–Crippen LogP) is 2.77. The number of thiophene rings is 1. The van der Waals surface area contributed by atoms with E-state index in [0.29, 0.717) is 0 Å². The van der Waals surface area contributed by atoms with Gasteiger partial charge in [-0.3, -0.25) is 0 Å². The molecule has 1 saturated carbocycles. The fraction of sp³-hybridized carbons (Fsp3) is 0.600. The van der Waals surface area contributed by atoms with Crippen molar-refractivity contribution in [2.75, 3.05) is 6.61 Å². The first-order valence-corrected chi connectivity index (χ1v) is 5.47. The monoisotopic (exact) mass is 180 g/mol. The molecule has 1 nitrogen and oxygen atoms in total. The third-order valence-electron chi connectivity index (χ3n) is 2.90. The molecule has 0 N–H and O–H groups in total. The molecule has 1 aromatic heterocycles. The number of hydrogen-bond acceptors (Lipinski definition) is 2. The standard InChI is InChI=1S/C10H12OS/c1-2-7(1)9-5-11-6-10-8(9)3-4-12-10/h3-4,7,9H,1-2,5-6H2. The maximum Gasteiger partial charge on any atom is 0.0812 e. The molecule has 1 fully saturated rings. The van der Waals surface area contributed by atoms with Crippen molar-refractivity contribution in [2.45, 2.75) is 25.4 Å². The minimum atomic E-state index is 0.736. The lowest BCUT2D eigenvalue weighted by Crippen LogP contribution is -2.16. The molecule has 3 rings (SSSR count). The molecule has 0 amide bonds. The van der Waals surface area contributed by atoms with Crippen molar-refractivity contribution in [3.8, 4) is 0 Å². The highest BCUT2D eigenvalue weighted by Gasteiger charge is 2.35. The molecule has 12 heavy (non-hydrogen) atoms. The van der Waals surface area contributed by atoms with E-state index in [-0.39, 0.29) is 0 Å². The summed E-state index contributed by atoms with van der Waals surface area (Å²) >= 11 is 1.85. The molecule has 2 aliphatic rings. The molecule has 1 aliphatic heterocycles. The van der Waals surface area contributed by atoms with Crippen molar-refractivity contribution < 1.29 is 4.74 Å². The molecule has 0 radical (unpaired) electrons. The molecule has 1 aromatic rings. The third kappa shape index (κ3) is 1.02. The molecule has 0 spiro atoms. The topological polar surface area (TPSA) is 9.23 Å². The first-order valence-electron chi connectivity index (χ1n) is 4.59. The molecule has 0 saturated heterocycles. The fourth-order valence-corrected chi connectivity index (χ4v) is 2.94. The second-order valence-corrected chi connectivity index (χ2v) is 4.76. The molecule has 64 valence electrons. The highest BCUT2D eigenvalue weighted by molar-refractivity contribution is 7.10. The Kier molecular flexibility index (Phi) is 1.52. The third-order valence-corrected chi connectivity index (χ3v) is 3.81. The normalized spacial score (nSPS) is 28.5. The first kappa shape index (κ1) is 7.10. The van der Waals surface area contributed by atoms with Crippen LogP contribution in [-0.4, -0.2) is 6.61 Å². The van der Waals surface area contributed by atoms with Gasteiger partial charge in [0.25, 0.3) is 0 Å². The maximum absolute atomic E-state index is 5.58. The zero-order valence-corrected chi connectivity index (χ0v) is 7.77. The van der Waals surface area contributed by atoms with Gasteiger partial charge in [0.05, 0.1) is 13.2 Å². The maximum atomic E-state index is 5.58. The Morgan fingerprint density at radius 3 is 3.17 bits per heavy atom. The molecular weight excluding hydrogens is 168 g/mol. The van der Waals surface area contributed by atoms with Crippen LogP contribution in [0.1, 0.15) is 29.2 Å². The fourth-order valence-electron chi connectivity index (χ4n) is 2.06. The summed E-state index contributed by atoms with van der Waals surface area (Å²) in [7, 11) is 0. The number of rotatable bonds is 1. The van der Waals surface area contributed by atoms with E-state index in [9.17, 15) is 0 Å². The SMILES string of the molecule is c1cc2c(s1)COCC2C1CC1. The first-order chi connectivity index (χ1) is 5.95. The van der Waals surface area contributed by atoms with Gasteiger partial charge in [-0.05, 0) is 35.8 Å². The van der Waals surface area contributed by atoms with Gasteiger partial charge in [0, 0.05) is 10.8 Å². The summed E-state index contributed by atoms with van der Waals surface area (Å²) in [5, 5.41) is 2.20. The molecular formula is C10H12OS. The lowest BCUT2D eigenvalue weighted by molar-refractivity contribution is 0.0883. The molecule has 1 aliphatic carbocycles. The van der Waals surface area contributed by atoms with Gasteiger partial charge < -0.3 is 4.74 Å². The van der Waals surface area contributed by atoms with Crippen molar-refractivity contribution in [3.05, 3.63) is 21.9 Å². The summed E-state index contributed by atoms with van der Waals surface area (Å²) < 4.78 is 5.58. The zero-order valence-electron chi connectivity index (χ0n) is 6.95. The largest absolute Gasteiger partial charge is 0.375 e. The summed E-state index contributed by atoms with van der Waals surface area (Å²) in [5.74, 6) is 1.68. The lowest BCUT2D eigenvalue weighted by atomic mass is 9.94. The average molecular weight is 180 g/mol. The Balaban J connectivity index is 1.97. The van der Waals surface area contributed by atoms with Gasteiger partial charge in [-0.25, -0.2) is 0 Å². The van der Waals surface area contributed by atoms with Crippen molar-refractivity contribution >= 4 is 11.3 Å². The van der Waals surface area contributed by atoms with E-state index in [0.717, 1.165) is 25.0 Å². The molecule has 1 atom stereocenters. The number of ether oxygens (including phenoxy) is 1. The quantitative estimate of drug-likeness (QED) is 0.645. The van der Waals surface area contributed by atoms with Crippen LogP contribution in [0.15, 0.2) is 11.4 Å². The van der Waals surface area contributed by atoms with Crippen LogP contribution in [0.25, 0.3) is 0 Å². The molecule has 2 heterocycles. The summed E-state index contributed by atoms with van der Waals surface area (Å²) in [6, 6.07) is 2.30. The summed E-state index contributed by atoms with van der Waals surface area (Å²) in [6.07, 6.45) is 2.84. The Bertz CT molecular complexity index is 288. The Labute approximate surface area is 76.4 Å². The minimum Gasteiger partial charge on any atom is -0.375 e. The zero-order chi connectivity index (χ0) is 7.97.